The van der Waals surface area contributed by atoms with Crippen LogP contribution in [0.1, 0.15) is 29.9 Å². The summed E-state index contributed by atoms with van der Waals surface area (Å²) >= 11 is 12.5. The Morgan fingerprint density at radius 1 is 0.959 bits per heavy atom. The number of rotatable bonds is 6. The van der Waals surface area contributed by atoms with E-state index in [9.17, 15) is 32.7 Å². The van der Waals surface area contributed by atoms with Crippen LogP contribution in [0.25, 0.3) is 0 Å². The number of methoxy groups -OCH3 is 1. The van der Waals surface area contributed by atoms with Crippen molar-refractivity contribution in [3.63, 3.8) is 0 Å². The highest BCUT2D eigenvalue weighted by molar-refractivity contribution is 6.36. The van der Waals surface area contributed by atoms with Crippen molar-refractivity contribution in [3.05, 3.63) is 93.5 Å². The first-order valence-corrected chi connectivity index (χ1v) is 15.9. The van der Waals surface area contributed by atoms with Crippen LogP contribution < -0.4 is 20.2 Å². The molecule has 0 radical (unpaired) electrons. The molecule has 10 nitrogen and oxygen atoms in total. The number of amides is 4. The number of fused-ring (bicyclic) bond motifs is 4. The number of nitrogens with one attached hydrogen (secondary N) is 2. The van der Waals surface area contributed by atoms with Crippen molar-refractivity contribution in [3.8, 4) is 17.2 Å². The van der Waals surface area contributed by atoms with Crippen LogP contribution in [-0.4, -0.2) is 47.2 Å². The van der Waals surface area contributed by atoms with E-state index in [1.165, 1.54) is 25.3 Å². The molecule has 4 aliphatic rings. The number of carbonyl (C=O) groups is 4. The number of allylic oxidation sites excluding steroid dienone is 2. The van der Waals surface area contributed by atoms with Gasteiger partial charge in [0.15, 0.2) is 0 Å². The minimum absolute atomic E-state index is 0.0766. The van der Waals surface area contributed by atoms with Crippen molar-refractivity contribution >= 4 is 52.5 Å². The van der Waals surface area contributed by atoms with Crippen LogP contribution >= 0.6 is 23.2 Å². The summed E-state index contributed by atoms with van der Waals surface area (Å²) in [7, 11) is 1.44. The lowest BCUT2D eigenvalue weighted by atomic mass is 9.49. The standard InChI is InChI=1S/C34H26Cl2F3N3O7/c1-48-17-5-2-15(3-6-17)33-23(31(46)42(32(33)47)41-25-10-4-16(35)12-24(25)36)14-21-19(8-9-20-27(21)30(45)40-29(20)44)28(33)22-13-18(7-11-26(22)43)49-34(37,38)39/h2-8,10-13,20-21,23,27-28,41,43H,9,14H2,1H3,(H,40,44,45). The number of imide groups is 2. The maximum atomic E-state index is 15.1. The van der Waals surface area contributed by atoms with E-state index in [0.29, 0.717) is 21.9 Å². The van der Waals surface area contributed by atoms with Crippen LogP contribution in [0.2, 0.25) is 10.0 Å². The highest BCUT2D eigenvalue weighted by Gasteiger charge is 2.70. The maximum Gasteiger partial charge on any atom is 0.573 e. The number of carbonyl (C=O) groups excluding carboxylic acids is 4. The second-order valence-corrected chi connectivity index (χ2v) is 13.2. The van der Waals surface area contributed by atoms with Gasteiger partial charge in [-0.25, -0.2) is 0 Å². The largest absolute Gasteiger partial charge is 0.573 e. The molecule has 1 saturated carbocycles. The molecular formula is C34H26Cl2F3N3O7. The summed E-state index contributed by atoms with van der Waals surface area (Å²) < 4.78 is 49.9. The lowest BCUT2D eigenvalue weighted by Crippen LogP contribution is -2.53. The van der Waals surface area contributed by atoms with Gasteiger partial charge in [0.1, 0.15) is 17.2 Å². The Kier molecular flexibility index (Phi) is 7.82. The first-order chi connectivity index (χ1) is 23.2. The number of hydrogen-bond donors (Lipinski definition) is 3. The number of nitrogens with zero attached hydrogens (tertiary/aromatic N) is 1. The number of aromatic hydroxyl groups is 1. The molecule has 0 bridgehead atoms. The lowest BCUT2D eigenvalue weighted by molar-refractivity contribution is -0.274. The van der Waals surface area contributed by atoms with E-state index in [0.717, 1.165) is 23.2 Å². The van der Waals surface area contributed by atoms with Crippen molar-refractivity contribution in [1.29, 1.82) is 0 Å². The van der Waals surface area contributed by atoms with Crippen molar-refractivity contribution in [2.45, 2.75) is 30.5 Å². The van der Waals surface area contributed by atoms with E-state index < -0.39 is 76.5 Å². The smallest absolute Gasteiger partial charge is 0.508 e. The summed E-state index contributed by atoms with van der Waals surface area (Å²) in [6.07, 6.45) is -3.39. The van der Waals surface area contributed by atoms with Crippen LogP contribution in [0.5, 0.6) is 17.2 Å². The first-order valence-electron chi connectivity index (χ1n) is 15.1. The maximum absolute atomic E-state index is 15.1. The number of ether oxygens (including phenoxy) is 2. The lowest BCUT2D eigenvalue weighted by Gasteiger charge is -2.50. The molecule has 3 N–H and O–H groups in total. The molecule has 2 aliphatic heterocycles. The van der Waals surface area contributed by atoms with Crippen LogP contribution in [0.15, 0.2) is 72.3 Å². The minimum Gasteiger partial charge on any atom is -0.508 e. The third kappa shape index (κ3) is 5.18. The number of anilines is 1. The fraction of sp³-hybridized carbons (Fsp3) is 0.294. The Labute approximate surface area is 286 Å². The topological polar surface area (TPSA) is 134 Å². The number of benzene rings is 3. The molecule has 2 heterocycles. The predicted molar refractivity (Wildman–Crippen MR) is 169 cm³/mol. The summed E-state index contributed by atoms with van der Waals surface area (Å²) in [5.41, 5.74) is 1.65. The van der Waals surface area contributed by atoms with Gasteiger partial charge in [0.05, 0.1) is 41.0 Å². The Morgan fingerprint density at radius 2 is 1.67 bits per heavy atom. The summed E-state index contributed by atoms with van der Waals surface area (Å²) in [5, 5.41) is 14.9. The van der Waals surface area contributed by atoms with Crippen molar-refractivity contribution in [1.82, 2.24) is 10.3 Å². The molecule has 4 amide bonds. The summed E-state index contributed by atoms with van der Waals surface area (Å²) in [6, 6.07) is 13.6. The number of alkyl halides is 3. The van der Waals surface area contributed by atoms with Crippen LogP contribution in [0.4, 0.5) is 18.9 Å². The number of hydrogen-bond acceptors (Lipinski definition) is 8. The Morgan fingerprint density at radius 3 is 2.35 bits per heavy atom. The van der Waals surface area contributed by atoms with Crippen molar-refractivity contribution in [2.24, 2.45) is 23.7 Å². The van der Waals surface area contributed by atoms with Crippen LogP contribution in [0.3, 0.4) is 0 Å². The molecule has 3 fully saturated rings. The molecule has 15 heteroatoms. The average molecular weight is 716 g/mol. The molecule has 3 aromatic carbocycles. The number of phenolic OH excluding ortho intramolecular Hbond substituents is 1. The van der Waals surface area contributed by atoms with Gasteiger partial charge in [-0.1, -0.05) is 47.0 Å². The summed E-state index contributed by atoms with van der Waals surface area (Å²) in [5.74, 6) is -8.30. The molecule has 49 heavy (non-hydrogen) atoms. The van der Waals surface area contributed by atoms with Gasteiger partial charge in [-0.15, -0.1) is 13.2 Å². The quantitative estimate of drug-likeness (QED) is 0.213. The normalized spacial score (nSPS) is 27.6. The Balaban J connectivity index is 1.49. The third-order valence-electron chi connectivity index (χ3n) is 9.97. The van der Waals surface area contributed by atoms with E-state index in [1.807, 2.05) is 0 Å². The van der Waals surface area contributed by atoms with Gasteiger partial charge in [-0.2, -0.15) is 5.01 Å². The van der Waals surface area contributed by atoms with E-state index in [4.69, 9.17) is 27.9 Å². The molecule has 2 saturated heterocycles. The van der Waals surface area contributed by atoms with Crippen molar-refractivity contribution in [2.75, 3.05) is 12.5 Å². The zero-order chi connectivity index (χ0) is 35.0. The molecule has 254 valence electrons. The minimum atomic E-state index is -5.09. The Hall–Kier alpha value is -4.75. The third-order valence-corrected chi connectivity index (χ3v) is 10.5. The molecule has 3 aromatic rings. The summed E-state index contributed by atoms with van der Waals surface area (Å²) in [6.45, 7) is 0. The molecule has 6 atom stereocenters. The zero-order valence-corrected chi connectivity index (χ0v) is 26.9. The highest BCUT2D eigenvalue weighted by Crippen LogP contribution is 2.64. The molecule has 7 rings (SSSR count). The monoisotopic (exact) mass is 715 g/mol. The second kappa shape index (κ2) is 11.7. The van der Waals surface area contributed by atoms with Gasteiger partial charge in [-0.3, -0.25) is 29.9 Å². The van der Waals surface area contributed by atoms with Gasteiger partial charge < -0.3 is 14.6 Å². The van der Waals surface area contributed by atoms with Crippen LogP contribution in [0, 0.1) is 23.7 Å². The molecule has 2 aliphatic carbocycles. The SMILES string of the molecule is COc1ccc(C23C(=O)N(Nc4ccc(Cl)cc4Cl)C(=O)C2CC2C(=CCC4C(=O)NC(=O)C42)C3c2cc(OC(F)(F)F)ccc2O)cc1. The van der Waals surface area contributed by atoms with Crippen molar-refractivity contribution < 1.29 is 46.9 Å². The highest BCUT2D eigenvalue weighted by atomic mass is 35.5. The van der Waals surface area contributed by atoms with Gasteiger partial charge in [0.25, 0.3) is 11.8 Å². The van der Waals surface area contributed by atoms with E-state index in [2.05, 4.69) is 15.5 Å². The molecular weight excluding hydrogens is 690 g/mol. The zero-order valence-electron chi connectivity index (χ0n) is 25.4. The van der Waals surface area contributed by atoms with Gasteiger partial charge in [0, 0.05) is 16.5 Å². The number of hydrazine groups is 1. The fourth-order valence-corrected chi connectivity index (χ4v) is 8.51. The first kappa shape index (κ1) is 32.8. The number of halogens is 5. The van der Waals surface area contributed by atoms with Gasteiger partial charge in [-0.05, 0) is 72.9 Å². The molecule has 0 spiro atoms. The van der Waals surface area contributed by atoms with Gasteiger partial charge in [0.2, 0.25) is 11.8 Å². The number of phenols is 1. The fourth-order valence-electron chi connectivity index (χ4n) is 8.06. The Bertz CT molecular complexity index is 1950. The van der Waals surface area contributed by atoms with E-state index in [1.54, 1.807) is 30.3 Å². The summed E-state index contributed by atoms with van der Waals surface area (Å²) in [4.78, 5) is 55.8. The van der Waals surface area contributed by atoms with Crippen LogP contribution in [-0.2, 0) is 24.6 Å². The molecule has 0 aromatic heterocycles. The second-order valence-electron chi connectivity index (χ2n) is 12.3. The van der Waals surface area contributed by atoms with E-state index in [-0.39, 0.29) is 29.1 Å². The predicted octanol–water partition coefficient (Wildman–Crippen LogP) is 5.88. The van der Waals surface area contributed by atoms with E-state index >= 15 is 4.79 Å². The molecule has 6 unspecified atom stereocenters. The van der Waals surface area contributed by atoms with Gasteiger partial charge >= 0.3 is 6.36 Å². The average Bonchev–Trinajstić information content (AvgIpc) is 3.46.